The number of likely N-dealkylation sites (tertiary alicyclic amines) is 1. The van der Waals surface area contributed by atoms with Crippen LogP contribution in [0.4, 0.5) is 0 Å². The standard InChI is InChI=1S/C18H25ClN2O.ClH/c1-13(15-3-2-4-16(19)11-15)18(22)21-9-7-17(8-10-21)20-12-14-5-6-14;/h2-4,11,13-14,17,20H,5-10,12H2,1H3;1H. The van der Waals surface area contributed by atoms with Gasteiger partial charge in [-0.1, -0.05) is 23.7 Å². The number of carbonyl (C=O) groups excluding carboxylic acids is 1. The van der Waals surface area contributed by atoms with Crippen LogP contribution in [-0.4, -0.2) is 36.5 Å². The van der Waals surface area contributed by atoms with Crippen LogP contribution < -0.4 is 5.32 Å². The molecule has 1 aromatic rings. The smallest absolute Gasteiger partial charge is 0.229 e. The Morgan fingerprint density at radius 1 is 1.30 bits per heavy atom. The van der Waals surface area contributed by atoms with Crippen molar-refractivity contribution in [2.75, 3.05) is 19.6 Å². The van der Waals surface area contributed by atoms with E-state index in [1.54, 1.807) is 0 Å². The fourth-order valence-corrected chi connectivity index (χ4v) is 3.35. The van der Waals surface area contributed by atoms with Crippen molar-refractivity contribution in [1.82, 2.24) is 10.2 Å². The summed E-state index contributed by atoms with van der Waals surface area (Å²) in [5, 5.41) is 4.35. The number of carbonyl (C=O) groups is 1. The highest BCUT2D eigenvalue weighted by Crippen LogP contribution is 2.28. The molecule has 3 nitrogen and oxygen atoms in total. The van der Waals surface area contributed by atoms with Gasteiger partial charge in [0.2, 0.25) is 5.91 Å². The first-order valence-corrected chi connectivity index (χ1v) is 8.79. The van der Waals surface area contributed by atoms with Crippen molar-refractivity contribution in [3.05, 3.63) is 34.9 Å². The van der Waals surface area contributed by atoms with Crippen LogP contribution in [0, 0.1) is 5.92 Å². The molecule has 2 fully saturated rings. The third-order valence-corrected chi connectivity index (χ3v) is 5.15. The molecule has 128 valence electrons. The van der Waals surface area contributed by atoms with Gasteiger partial charge < -0.3 is 10.2 Å². The average molecular weight is 357 g/mol. The fraction of sp³-hybridized carbons (Fsp3) is 0.611. The lowest BCUT2D eigenvalue weighted by Gasteiger charge is -2.34. The lowest BCUT2D eigenvalue weighted by Crippen LogP contribution is -2.46. The summed E-state index contributed by atoms with van der Waals surface area (Å²) in [5.74, 6) is 1.03. The van der Waals surface area contributed by atoms with Gasteiger partial charge in [0, 0.05) is 24.2 Å². The van der Waals surface area contributed by atoms with Gasteiger partial charge in [-0.25, -0.2) is 0 Å². The third kappa shape index (κ3) is 5.10. The van der Waals surface area contributed by atoms with Gasteiger partial charge in [0.1, 0.15) is 0 Å². The molecule has 1 amide bonds. The largest absolute Gasteiger partial charge is 0.342 e. The first-order valence-electron chi connectivity index (χ1n) is 8.41. The molecule has 0 spiro atoms. The summed E-state index contributed by atoms with van der Waals surface area (Å²) >= 11 is 6.03. The second kappa shape index (κ2) is 8.36. The topological polar surface area (TPSA) is 32.3 Å². The predicted molar refractivity (Wildman–Crippen MR) is 97.4 cm³/mol. The summed E-state index contributed by atoms with van der Waals surface area (Å²) in [6.07, 6.45) is 4.92. The van der Waals surface area contributed by atoms with E-state index in [0.717, 1.165) is 44.0 Å². The summed E-state index contributed by atoms with van der Waals surface area (Å²) in [6, 6.07) is 8.23. The summed E-state index contributed by atoms with van der Waals surface area (Å²) in [7, 11) is 0. The molecule has 23 heavy (non-hydrogen) atoms. The summed E-state index contributed by atoms with van der Waals surface area (Å²) in [6.45, 7) is 4.88. The van der Waals surface area contributed by atoms with Crippen molar-refractivity contribution in [2.24, 2.45) is 5.92 Å². The molecule has 0 bridgehead atoms. The van der Waals surface area contributed by atoms with Crippen LogP contribution in [0.3, 0.4) is 0 Å². The summed E-state index contributed by atoms with van der Waals surface area (Å²) < 4.78 is 0. The van der Waals surface area contributed by atoms with E-state index in [4.69, 9.17) is 11.6 Å². The highest BCUT2D eigenvalue weighted by Gasteiger charge is 2.28. The molecule has 0 aromatic heterocycles. The van der Waals surface area contributed by atoms with Crippen molar-refractivity contribution < 1.29 is 4.79 Å². The first-order chi connectivity index (χ1) is 10.6. The van der Waals surface area contributed by atoms with Gasteiger partial charge in [-0.3, -0.25) is 4.79 Å². The molecule has 1 unspecified atom stereocenters. The molecular weight excluding hydrogens is 331 g/mol. The van der Waals surface area contributed by atoms with Crippen LogP contribution in [-0.2, 0) is 4.79 Å². The Kier molecular flexibility index (Phi) is 6.75. The Morgan fingerprint density at radius 2 is 2.00 bits per heavy atom. The minimum atomic E-state index is -0.116. The van der Waals surface area contributed by atoms with Crippen molar-refractivity contribution in [3.8, 4) is 0 Å². The van der Waals surface area contributed by atoms with E-state index in [9.17, 15) is 4.79 Å². The number of nitrogens with one attached hydrogen (secondary N) is 1. The molecule has 5 heteroatoms. The molecule has 1 atom stereocenters. The average Bonchev–Trinajstić information content (AvgIpc) is 3.36. The molecule has 1 aliphatic carbocycles. The van der Waals surface area contributed by atoms with E-state index >= 15 is 0 Å². The summed E-state index contributed by atoms with van der Waals surface area (Å²) in [5.41, 5.74) is 1.01. The number of amides is 1. The lowest BCUT2D eigenvalue weighted by atomic mass is 9.97. The normalized spacial score (nSPS) is 20.0. The van der Waals surface area contributed by atoms with Gasteiger partial charge in [0.05, 0.1) is 5.92 Å². The fourth-order valence-electron chi connectivity index (χ4n) is 3.15. The molecule has 1 aliphatic heterocycles. The molecule has 1 aromatic carbocycles. The predicted octanol–water partition coefficient (Wildman–Crippen LogP) is 3.86. The van der Waals surface area contributed by atoms with Gasteiger partial charge in [-0.15, -0.1) is 12.4 Å². The Morgan fingerprint density at radius 3 is 2.61 bits per heavy atom. The van der Waals surface area contributed by atoms with Crippen LogP contribution in [0.25, 0.3) is 0 Å². The van der Waals surface area contributed by atoms with E-state index in [1.807, 2.05) is 36.1 Å². The van der Waals surface area contributed by atoms with Gasteiger partial charge in [0.15, 0.2) is 0 Å². The molecule has 1 N–H and O–H groups in total. The van der Waals surface area contributed by atoms with Crippen LogP contribution >= 0.6 is 24.0 Å². The number of hydrogen-bond donors (Lipinski definition) is 1. The highest BCUT2D eigenvalue weighted by atomic mass is 35.5. The van der Waals surface area contributed by atoms with E-state index in [-0.39, 0.29) is 24.2 Å². The number of hydrogen-bond acceptors (Lipinski definition) is 2. The molecule has 1 saturated carbocycles. The molecule has 2 aliphatic rings. The molecule has 0 radical (unpaired) electrons. The van der Waals surface area contributed by atoms with Gasteiger partial charge >= 0.3 is 0 Å². The molecule has 3 rings (SSSR count). The number of piperidine rings is 1. The maximum atomic E-state index is 12.7. The van der Waals surface area contributed by atoms with Crippen molar-refractivity contribution in [2.45, 2.75) is 44.6 Å². The van der Waals surface area contributed by atoms with Crippen molar-refractivity contribution in [3.63, 3.8) is 0 Å². The Balaban J connectivity index is 0.00000192. The SMILES string of the molecule is CC(C(=O)N1CCC(NCC2CC2)CC1)c1cccc(Cl)c1.Cl. The third-order valence-electron chi connectivity index (χ3n) is 4.92. The molecule has 1 heterocycles. The van der Waals surface area contributed by atoms with Crippen molar-refractivity contribution >= 4 is 29.9 Å². The van der Waals surface area contributed by atoms with Crippen LogP contribution in [0.2, 0.25) is 5.02 Å². The maximum Gasteiger partial charge on any atom is 0.229 e. The maximum absolute atomic E-state index is 12.7. The molecular formula is C18H26Cl2N2O. The highest BCUT2D eigenvalue weighted by molar-refractivity contribution is 6.30. The Hall–Kier alpha value is -0.770. The minimum Gasteiger partial charge on any atom is -0.342 e. The second-order valence-corrected chi connectivity index (χ2v) is 7.16. The van der Waals surface area contributed by atoms with Crippen LogP contribution in [0.1, 0.15) is 44.1 Å². The van der Waals surface area contributed by atoms with Crippen LogP contribution in [0.5, 0.6) is 0 Å². The van der Waals surface area contributed by atoms with Gasteiger partial charge in [0.25, 0.3) is 0 Å². The van der Waals surface area contributed by atoms with Crippen molar-refractivity contribution in [1.29, 1.82) is 0 Å². The number of benzene rings is 1. The lowest BCUT2D eigenvalue weighted by molar-refractivity contribution is -0.133. The second-order valence-electron chi connectivity index (χ2n) is 6.73. The number of nitrogens with zero attached hydrogens (tertiary/aromatic N) is 1. The molecule has 1 saturated heterocycles. The van der Waals surface area contributed by atoms with E-state index < -0.39 is 0 Å². The zero-order chi connectivity index (χ0) is 15.5. The van der Waals surface area contributed by atoms with Gasteiger partial charge in [-0.2, -0.15) is 0 Å². The Labute approximate surface area is 150 Å². The monoisotopic (exact) mass is 356 g/mol. The van der Waals surface area contributed by atoms with Gasteiger partial charge in [-0.05, 0) is 62.8 Å². The van der Waals surface area contributed by atoms with E-state index in [1.165, 1.54) is 12.8 Å². The zero-order valence-corrected chi connectivity index (χ0v) is 15.2. The van der Waals surface area contributed by atoms with E-state index in [2.05, 4.69) is 5.32 Å². The quantitative estimate of drug-likeness (QED) is 0.868. The first kappa shape index (κ1) is 18.6. The van der Waals surface area contributed by atoms with E-state index in [0.29, 0.717) is 11.1 Å². The zero-order valence-electron chi connectivity index (χ0n) is 13.6. The summed E-state index contributed by atoms with van der Waals surface area (Å²) in [4.78, 5) is 14.7. The number of rotatable bonds is 5. The Bertz CT molecular complexity index is 526. The number of halogens is 2. The minimum absolute atomic E-state index is 0. The van der Waals surface area contributed by atoms with Crippen LogP contribution in [0.15, 0.2) is 24.3 Å².